The standard InChI is InChI=1S/C27H32FN5O3.C26H30FN5O3.C22H24FN5O/c1-36-26(35)3-2-10-32-12-8-22-24(32)6-9-29-27(22)33-15-13-31(14-16-33)11-7-19-17-25(34)30-23-18-20(28)4-5-21(19)23;27-19-3-4-20-18(16-24(33)29-22(20)17-19)6-10-30-12-14-32(15-13-30)26-21-7-11-31(9-1-2-25(34)35)23(21)5-8-28-26;23-16-1-2-17-15(13-21(29)26-20(17)14-16)5-8-27-9-11-28(12-10-27)22-18-3-6-24-19(18)4-7-25-22/h4-6,8-9,12,18-19H,2-3,7,10-11,13-17H2,1H3,(H,30,34);3-5,7-8,11,17-18H,1-2,6,9-10,12-16H2,(H,29,33)(H,34,35);1-4,6-7,14-15,24H,5,8-13H2,(H,26,29). The molecule has 6 aromatic heterocycles. The number of nitrogens with one attached hydrogen (secondary N) is 4. The van der Waals surface area contributed by atoms with Crippen molar-refractivity contribution in [3.05, 3.63) is 162 Å². The van der Waals surface area contributed by atoms with Crippen LogP contribution in [0.15, 0.2) is 128 Å². The minimum Gasteiger partial charge on any atom is -0.481 e. The number of anilines is 6. The van der Waals surface area contributed by atoms with Crippen molar-refractivity contribution in [1.29, 1.82) is 0 Å². The number of hydrogen-bond acceptors (Lipinski definition) is 15. The van der Waals surface area contributed by atoms with Gasteiger partial charge in [0.2, 0.25) is 17.7 Å². The van der Waals surface area contributed by atoms with Gasteiger partial charge in [-0.05, 0) is 159 Å². The van der Waals surface area contributed by atoms with Gasteiger partial charge in [0.1, 0.15) is 34.9 Å². The average Bonchev–Trinajstić information content (AvgIpc) is 1.50. The van der Waals surface area contributed by atoms with E-state index in [2.05, 4.69) is 93.8 Å². The first-order valence-corrected chi connectivity index (χ1v) is 34.9. The minimum absolute atomic E-state index is 0.0245. The lowest BCUT2D eigenvalue weighted by Gasteiger charge is -2.36. The van der Waals surface area contributed by atoms with Crippen LogP contribution in [0.5, 0.6) is 0 Å². The molecule has 25 heteroatoms. The van der Waals surface area contributed by atoms with Crippen molar-refractivity contribution in [2.45, 2.75) is 95.1 Å². The third kappa shape index (κ3) is 16.4. The van der Waals surface area contributed by atoms with Crippen molar-refractivity contribution >= 4 is 96.9 Å². The molecule has 0 radical (unpaired) electrons. The lowest BCUT2D eigenvalue weighted by atomic mass is 9.87. The number of rotatable bonds is 20. The van der Waals surface area contributed by atoms with E-state index in [1.807, 2.05) is 55.2 Å². The molecule has 524 valence electrons. The van der Waals surface area contributed by atoms with Gasteiger partial charge in [0.25, 0.3) is 0 Å². The number of methoxy groups -OCH3 is 1. The van der Waals surface area contributed by atoms with Crippen LogP contribution in [-0.2, 0) is 41.8 Å². The first-order chi connectivity index (χ1) is 48.7. The second-order valence-corrected chi connectivity index (χ2v) is 26.8. The van der Waals surface area contributed by atoms with E-state index in [9.17, 15) is 37.1 Å². The Bertz CT molecular complexity index is 4400. The van der Waals surface area contributed by atoms with Crippen molar-refractivity contribution < 1.29 is 47.0 Å². The van der Waals surface area contributed by atoms with Crippen LogP contribution in [0.2, 0.25) is 0 Å². The third-order valence-corrected chi connectivity index (χ3v) is 20.5. The van der Waals surface area contributed by atoms with Crippen molar-refractivity contribution in [3.8, 4) is 0 Å². The number of nitrogens with zero attached hydrogens (tertiary/aromatic N) is 11. The predicted molar refractivity (Wildman–Crippen MR) is 381 cm³/mol. The van der Waals surface area contributed by atoms with Crippen LogP contribution in [0.4, 0.5) is 47.7 Å². The van der Waals surface area contributed by atoms with Gasteiger partial charge in [-0.15, -0.1) is 0 Å². The number of amides is 3. The summed E-state index contributed by atoms with van der Waals surface area (Å²) < 4.78 is 49.7. The van der Waals surface area contributed by atoms with Gasteiger partial charge in [-0.25, -0.2) is 28.1 Å². The first-order valence-electron chi connectivity index (χ1n) is 34.9. The van der Waals surface area contributed by atoms with E-state index >= 15 is 0 Å². The number of benzene rings is 3. The number of aryl methyl sites for hydroxylation is 2. The molecule has 3 unspecified atom stereocenters. The monoisotopic (exact) mass is 1370 g/mol. The molecule has 6 aliphatic heterocycles. The zero-order valence-corrected chi connectivity index (χ0v) is 56.4. The summed E-state index contributed by atoms with van der Waals surface area (Å²) in [6.07, 6.45) is 17.4. The Balaban J connectivity index is 0.000000135. The molecular weight excluding hydrogens is 1280 g/mol. The Kier molecular flexibility index (Phi) is 21.7. The summed E-state index contributed by atoms with van der Waals surface area (Å²) >= 11 is 0. The molecule has 0 saturated carbocycles. The highest BCUT2D eigenvalue weighted by atomic mass is 19.1. The molecule has 3 amide bonds. The number of fused-ring (bicyclic) bond motifs is 6. The lowest BCUT2D eigenvalue weighted by molar-refractivity contribution is -0.141. The fraction of sp³-hybridized carbons (Fsp3) is 0.413. The number of hydrogen-bond donors (Lipinski definition) is 5. The Labute approximate surface area is 578 Å². The molecule has 0 aliphatic carbocycles. The van der Waals surface area contributed by atoms with Crippen molar-refractivity contribution in [3.63, 3.8) is 0 Å². The van der Waals surface area contributed by atoms with Crippen molar-refractivity contribution in [2.75, 3.05) is 136 Å². The van der Waals surface area contributed by atoms with Crippen LogP contribution in [0.3, 0.4) is 0 Å². The number of carbonyl (C=O) groups is 5. The molecule has 100 heavy (non-hydrogen) atoms. The number of ether oxygens (including phenoxy) is 1. The number of halogens is 3. The second kappa shape index (κ2) is 31.6. The molecule has 9 aromatic rings. The number of carboxylic acids is 1. The number of pyridine rings is 3. The van der Waals surface area contributed by atoms with Crippen LogP contribution >= 0.6 is 0 Å². The second-order valence-electron chi connectivity index (χ2n) is 26.8. The maximum Gasteiger partial charge on any atom is 0.305 e. The Morgan fingerprint density at radius 1 is 0.480 bits per heavy atom. The predicted octanol–water partition coefficient (Wildman–Crippen LogP) is 10.8. The van der Waals surface area contributed by atoms with Crippen molar-refractivity contribution in [2.24, 2.45) is 0 Å². The minimum atomic E-state index is -0.772. The molecule has 5 N–H and O–H groups in total. The normalized spacial score (nSPS) is 18.8. The number of aliphatic carboxylic acids is 1. The molecule has 3 fully saturated rings. The van der Waals surface area contributed by atoms with Crippen LogP contribution in [0, 0.1) is 17.5 Å². The quantitative estimate of drug-likeness (QED) is 0.0446. The van der Waals surface area contributed by atoms with Gasteiger partial charge in [0.05, 0.1) is 23.7 Å². The fourth-order valence-corrected chi connectivity index (χ4v) is 15.1. The highest BCUT2D eigenvalue weighted by Crippen LogP contribution is 2.39. The van der Waals surface area contributed by atoms with Gasteiger partial charge < -0.3 is 54.6 Å². The largest absolute Gasteiger partial charge is 0.481 e. The summed E-state index contributed by atoms with van der Waals surface area (Å²) in [6, 6.07) is 26.4. The van der Waals surface area contributed by atoms with E-state index in [0.717, 1.165) is 197 Å². The molecule has 3 aromatic carbocycles. The maximum absolute atomic E-state index is 13.6. The molecule has 6 aliphatic rings. The van der Waals surface area contributed by atoms with Crippen LogP contribution < -0.4 is 30.7 Å². The molecule has 12 heterocycles. The molecule has 15 rings (SSSR count). The number of piperazine rings is 3. The maximum atomic E-state index is 13.6. The van der Waals surface area contributed by atoms with Crippen LogP contribution in [-0.4, -0.2) is 184 Å². The van der Waals surface area contributed by atoms with Gasteiger partial charge in [0, 0.05) is 194 Å². The zero-order chi connectivity index (χ0) is 69.2. The van der Waals surface area contributed by atoms with E-state index in [4.69, 9.17) is 14.8 Å². The van der Waals surface area contributed by atoms with Gasteiger partial charge in [0.15, 0.2) is 0 Å². The molecule has 0 spiro atoms. The zero-order valence-electron chi connectivity index (χ0n) is 56.4. The number of carbonyl (C=O) groups excluding carboxylic acids is 4. The lowest BCUT2D eigenvalue weighted by Crippen LogP contribution is -2.47. The van der Waals surface area contributed by atoms with E-state index < -0.39 is 5.97 Å². The first kappa shape index (κ1) is 68.7. The molecule has 3 saturated heterocycles. The van der Waals surface area contributed by atoms with Gasteiger partial charge in [-0.2, -0.15) is 0 Å². The number of carboxylic acid groups (broad SMARTS) is 1. The van der Waals surface area contributed by atoms with Crippen molar-refractivity contribution in [1.82, 2.24) is 43.8 Å². The summed E-state index contributed by atoms with van der Waals surface area (Å²) in [5.41, 5.74) is 8.25. The molecule has 22 nitrogen and oxygen atoms in total. The molecular formula is C75H86F3N15O7. The van der Waals surface area contributed by atoms with E-state index in [1.54, 1.807) is 12.1 Å². The van der Waals surface area contributed by atoms with Gasteiger partial charge in [-0.1, -0.05) is 18.2 Å². The van der Waals surface area contributed by atoms with E-state index in [-0.39, 0.29) is 65.3 Å². The number of H-pyrrole nitrogens is 1. The SMILES string of the molecule is COC(=O)CCCn1ccc2c(N3CCN(CCC4CC(=O)Nc5cc(F)ccc54)CC3)nccc21.O=C(O)CCCn1ccc2c(N3CCN(CCC4CC(=O)Nc5cc(F)ccc54)CC3)nccc21.O=C1CC(CCN2CCN(c3nccc4[nH]ccc34)CC2)c2ccc(F)cc2N1. The smallest absolute Gasteiger partial charge is 0.305 e. The Morgan fingerprint density at radius 2 is 0.860 bits per heavy atom. The van der Waals surface area contributed by atoms with Crippen LogP contribution in [0.1, 0.15) is 98.7 Å². The van der Waals surface area contributed by atoms with Crippen LogP contribution in [0.25, 0.3) is 32.7 Å². The Morgan fingerprint density at radius 3 is 1.25 bits per heavy atom. The summed E-state index contributed by atoms with van der Waals surface area (Å²) in [5, 5.41) is 20.7. The van der Waals surface area contributed by atoms with Gasteiger partial charge in [-0.3, -0.25) is 38.7 Å². The Hall–Kier alpha value is -9.85. The summed E-state index contributed by atoms with van der Waals surface area (Å²) in [5.74, 6) is 1.33. The molecule has 0 bridgehead atoms. The number of aromatic amines is 1. The topological polar surface area (TPSA) is 235 Å². The highest BCUT2D eigenvalue weighted by molar-refractivity contribution is 5.97. The highest BCUT2D eigenvalue weighted by Gasteiger charge is 2.31. The van der Waals surface area contributed by atoms with E-state index in [0.29, 0.717) is 55.7 Å². The summed E-state index contributed by atoms with van der Waals surface area (Å²) in [7, 11) is 1.42. The summed E-state index contributed by atoms with van der Waals surface area (Å²) in [4.78, 5) is 90.0. The number of aromatic nitrogens is 6. The number of esters is 1. The van der Waals surface area contributed by atoms with E-state index in [1.165, 1.54) is 43.5 Å². The molecule has 3 atom stereocenters. The van der Waals surface area contributed by atoms with Gasteiger partial charge >= 0.3 is 11.9 Å². The summed E-state index contributed by atoms with van der Waals surface area (Å²) in [6.45, 7) is 15.1. The average molecular weight is 1370 g/mol. The third-order valence-electron chi connectivity index (χ3n) is 20.5. The fourth-order valence-electron chi connectivity index (χ4n) is 15.1.